The van der Waals surface area contributed by atoms with Gasteiger partial charge in [-0.25, -0.2) is 4.79 Å². The minimum absolute atomic E-state index is 0.220. The average molecular weight is 218 g/mol. The van der Waals surface area contributed by atoms with Crippen molar-refractivity contribution in [3.63, 3.8) is 0 Å². The van der Waals surface area contributed by atoms with Gasteiger partial charge in [-0.3, -0.25) is 0 Å². The first-order valence-electron chi connectivity index (χ1n) is 4.59. The molecule has 16 heavy (non-hydrogen) atoms. The van der Waals surface area contributed by atoms with E-state index in [1.807, 2.05) is 0 Å². The second kappa shape index (κ2) is 3.90. The van der Waals surface area contributed by atoms with Crippen molar-refractivity contribution in [2.24, 2.45) is 7.05 Å². The van der Waals surface area contributed by atoms with Crippen molar-refractivity contribution in [1.29, 1.82) is 0 Å². The molecule has 0 atom stereocenters. The molecule has 81 valence electrons. The quantitative estimate of drug-likeness (QED) is 0.746. The fraction of sp³-hybridized carbons (Fsp3) is 0.100. The summed E-state index contributed by atoms with van der Waals surface area (Å²) in [5.41, 5.74) is 1.06. The molecule has 0 aliphatic rings. The third-order valence-electron chi connectivity index (χ3n) is 2.42. The molecule has 2 aromatic rings. The Morgan fingerprint density at radius 3 is 2.81 bits per heavy atom. The van der Waals surface area contributed by atoms with Crippen molar-refractivity contribution in [3.8, 4) is 5.88 Å². The van der Waals surface area contributed by atoms with Gasteiger partial charge in [0.05, 0.1) is 11.1 Å². The van der Waals surface area contributed by atoms with Gasteiger partial charge in [-0.15, -0.1) is 0 Å². The summed E-state index contributed by atoms with van der Waals surface area (Å²) < 4.78 is 6.58. The maximum atomic E-state index is 10.8. The number of nitrogens with zero attached hydrogens (tertiary/aromatic N) is 1. The molecule has 2 rings (SSSR count). The fourth-order valence-electron chi connectivity index (χ4n) is 1.62. The molecule has 0 aliphatic heterocycles. The maximum Gasteiger partial charge on any atom is 0.570 e. The van der Waals surface area contributed by atoms with Crippen LogP contribution in [0.4, 0.5) is 0 Å². The topological polar surface area (TPSA) is 71.7 Å². The number of carbonyl (C=O) groups is 1. The monoisotopic (exact) mass is 218 g/mol. The van der Waals surface area contributed by atoms with Crippen molar-refractivity contribution >= 4 is 24.6 Å². The van der Waals surface area contributed by atoms with Gasteiger partial charge in [0.1, 0.15) is 0 Å². The number of hydrogen-bond donors (Lipinski definition) is 2. The Morgan fingerprint density at radius 1 is 1.44 bits per heavy atom. The smallest absolute Gasteiger partial charge is 0.525 e. The standard InChI is InChI=1S/C10H9BNO4/c1-12-8-3-2-6(10(13)14)4-7(8)5-9(12)16-11-15/h2-5,15H,1H3,(H,13,14). The molecule has 1 aromatic carbocycles. The summed E-state index contributed by atoms with van der Waals surface area (Å²) in [6, 6.07) is 6.44. The molecule has 1 radical (unpaired) electrons. The number of fused-ring (bicyclic) bond motifs is 1. The number of hydrogen-bond acceptors (Lipinski definition) is 3. The van der Waals surface area contributed by atoms with Gasteiger partial charge in [0.2, 0.25) is 0 Å². The highest BCUT2D eigenvalue weighted by atomic mass is 16.5. The van der Waals surface area contributed by atoms with E-state index in [4.69, 9.17) is 14.8 Å². The first kappa shape index (κ1) is 10.6. The van der Waals surface area contributed by atoms with Crippen molar-refractivity contribution in [3.05, 3.63) is 29.8 Å². The first-order valence-corrected chi connectivity index (χ1v) is 4.59. The summed E-state index contributed by atoms with van der Waals surface area (Å²) in [6.07, 6.45) is 0. The van der Waals surface area contributed by atoms with E-state index < -0.39 is 5.97 Å². The van der Waals surface area contributed by atoms with E-state index in [1.54, 1.807) is 29.8 Å². The Balaban J connectivity index is 2.58. The van der Waals surface area contributed by atoms with Crippen LogP contribution in [0.5, 0.6) is 5.88 Å². The second-order valence-corrected chi connectivity index (χ2v) is 3.34. The van der Waals surface area contributed by atoms with Gasteiger partial charge in [-0.2, -0.15) is 0 Å². The van der Waals surface area contributed by atoms with Crippen LogP contribution in [-0.2, 0) is 7.05 Å². The van der Waals surface area contributed by atoms with Gasteiger partial charge in [-0.1, -0.05) is 0 Å². The third kappa shape index (κ3) is 1.63. The van der Waals surface area contributed by atoms with E-state index in [1.165, 1.54) is 6.07 Å². The summed E-state index contributed by atoms with van der Waals surface area (Å²) in [5.74, 6) is -0.526. The van der Waals surface area contributed by atoms with E-state index in [2.05, 4.69) is 0 Å². The number of aromatic nitrogens is 1. The fourth-order valence-corrected chi connectivity index (χ4v) is 1.62. The maximum absolute atomic E-state index is 10.8. The predicted octanol–water partition coefficient (Wildman–Crippen LogP) is 0.782. The summed E-state index contributed by atoms with van der Waals surface area (Å²) in [7, 11) is 2.36. The number of carboxylic acids is 1. The summed E-state index contributed by atoms with van der Waals surface area (Å²) >= 11 is 0. The average Bonchev–Trinajstić information content (AvgIpc) is 2.56. The van der Waals surface area contributed by atoms with Crippen LogP contribution in [0.25, 0.3) is 10.9 Å². The van der Waals surface area contributed by atoms with Crippen molar-refractivity contribution in [2.45, 2.75) is 0 Å². The molecule has 0 saturated carbocycles. The molecule has 0 fully saturated rings. The third-order valence-corrected chi connectivity index (χ3v) is 2.42. The summed E-state index contributed by atoms with van der Waals surface area (Å²) in [6.45, 7) is 0. The molecular formula is C10H9BNO4. The van der Waals surface area contributed by atoms with E-state index in [0.717, 1.165) is 10.9 Å². The van der Waals surface area contributed by atoms with E-state index in [-0.39, 0.29) is 5.56 Å². The Kier molecular flexibility index (Phi) is 2.58. The highest BCUT2D eigenvalue weighted by Gasteiger charge is 2.09. The van der Waals surface area contributed by atoms with Gasteiger partial charge in [0.25, 0.3) is 0 Å². The van der Waals surface area contributed by atoms with Gasteiger partial charge in [0.15, 0.2) is 5.88 Å². The largest absolute Gasteiger partial charge is 0.570 e. The second-order valence-electron chi connectivity index (χ2n) is 3.34. The lowest BCUT2D eigenvalue weighted by molar-refractivity contribution is 0.0697. The molecule has 0 amide bonds. The van der Waals surface area contributed by atoms with Gasteiger partial charge < -0.3 is 19.4 Å². The molecule has 1 aromatic heterocycles. The van der Waals surface area contributed by atoms with Crippen LogP contribution < -0.4 is 4.65 Å². The van der Waals surface area contributed by atoms with Crippen LogP contribution in [0.1, 0.15) is 10.4 Å². The molecule has 2 N–H and O–H groups in total. The number of aryl methyl sites for hydroxylation is 1. The molecule has 0 bridgehead atoms. The zero-order valence-electron chi connectivity index (χ0n) is 8.54. The molecule has 0 spiro atoms. The van der Waals surface area contributed by atoms with Crippen LogP contribution in [-0.4, -0.2) is 28.4 Å². The van der Waals surface area contributed by atoms with Crippen LogP contribution in [0.3, 0.4) is 0 Å². The summed E-state index contributed by atoms with van der Waals surface area (Å²) in [5, 5.41) is 18.1. The zero-order valence-corrected chi connectivity index (χ0v) is 8.54. The first-order chi connectivity index (χ1) is 7.63. The molecule has 0 saturated heterocycles. The number of rotatable bonds is 3. The Hall–Kier alpha value is -1.95. The van der Waals surface area contributed by atoms with Crippen molar-refractivity contribution in [2.75, 3.05) is 0 Å². The van der Waals surface area contributed by atoms with Gasteiger partial charge in [-0.05, 0) is 18.2 Å². The number of carboxylic acid groups (broad SMARTS) is 1. The Labute approximate surface area is 92.2 Å². The lowest BCUT2D eigenvalue weighted by Gasteiger charge is -2.02. The van der Waals surface area contributed by atoms with E-state index in [0.29, 0.717) is 13.6 Å². The van der Waals surface area contributed by atoms with Gasteiger partial charge >= 0.3 is 13.7 Å². The van der Waals surface area contributed by atoms with Crippen LogP contribution >= 0.6 is 0 Å². The minimum atomic E-state index is -0.970. The molecule has 5 nitrogen and oxygen atoms in total. The zero-order chi connectivity index (χ0) is 11.7. The molecule has 0 aliphatic carbocycles. The van der Waals surface area contributed by atoms with Crippen molar-refractivity contribution < 1.29 is 19.6 Å². The summed E-state index contributed by atoms with van der Waals surface area (Å²) in [4.78, 5) is 10.8. The number of benzene rings is 1. The van der Waals surface area contributed by atoms with Crippen LogP contribution in [0, 0.1) is 0 Å². The molecule has 0 unspecified atom stereocenters. The van der Waals surface area contributed by atoms with Crippen molar-refractivity contribution in [1.82, 2.24) is 4.57 Å². The Morgan fingerprint density at radius 2 is 2.19 bits per heavy atom. The SMILES string of the molecule is Cn1c(O[B]O)cc2cc(C(=O)O)ccc21. The normalized spacial score (nSPS) is 10.4. The van der Waals surface area contributed by atoms with Gasteiger partial charge in [0, 0.05) is 18.5 Å². The highest BCUT2D eigenvalue weighted by molar-refractivity contribution is 6.17. The predicted molar refractivity (Wildman–Crippen MR) is 58.5 cm³/mol. The molecule has 6 heteroatoms. The highest BCUT2D eigenvalue weighted by Crippen LogP contribution is 2.24. The lowest BCUT2D eigenvalue weighted by Crippen LogP contribution is -2.03. The molecular weight excluding hydrogens is 209 g/mol. The Bertz CT molecular complexity index is 549. The van der Waals surface area contributed by atoms with E-state index in [9.17, 15) is 4.79 Å². The minimum Gasteiger partial charge on any atom is -0.525 e. The number of aromatic carboxylic acids is 1. The van der Waals surface area contributed by atoms with E-state index >= 15 is 0 Å². The van der Waals surface area contributed by atoms with Crippen LogP contribution in [0.2, 0.25) is 0 Å². The molecule has 1 heterocycles. The van der Waals surface area contributed by atoms with Crippen LogP contribution in [0.15, 0.2) is 24.3 Å². The lowest BCUT2D eigenvalue weighted by atomic mass is 10.1.